The van der Waals surface area contributed by atoms with Gasteiger partial charge in [0.15, 0.2) is 0 Å². The molecule has 0 saturated heterocycles. The summed E-state index contributed by atoms with van der Waals surface area (Å²) in [6.45, 7) is 6.31. The van der Waals surface area contributed by atoms with Gasteiger partial charge in [0.2, 0.25) is 0 Å². The second-order valence-corrected chi connectivity index (χ2v) is 2.10. The van der Waals surface area contributed by atoms with Crippen molar-refractivity contribution in [2.24, 2.45) is 0 Å². The number of rotatable bonds is 6. The van der Waals surface area contributed by atoms with E-state index in [1.807, 2.05) is 6.92 Å². The fraction of sp³-hybridized carbons (Fsp3) is 0.556. The molecule has 0 aromatic heterocycles. The van der Waals surface area contributed by atoms with E-state index in [0.29, 0.717) is 0 Å². The summed E-state index contributed by atoms with van der Waals surface area (Å²) < 4.78 is 4.95. The van der Waals surface area contributed by atoms with Gasteiger partial charge in [-0.25, -0.2) is 0 Å². The fourth-order valence-corrected chi connectivity index (χ4v) is 0.698. The summed E-state index contributed by atoms with van der Waals surface area (Å²) in [7, 11) is 0. The van der Waals surface area contributed by atoms with E-state index in [2.05, 4.69) is 18.7 Å². The zero-order valence-electron chi connectivity index (χ0n) is 6.68. The van der Waals surface area contributed by atoms with Crippen LogP contribution in [0.1, 0.15) is 26.2 Å². The van der Waals surface area contributed by atoms with Crippen LogP contribution in [0.15, 0.2) is 25.0 Å². The first-order valence-corrected chi connectivity index (χ1v) is 3.75. The van der Waals surface area contributed by atoms with Crippen LogP contribution in [0, 0.1) is 0 Å². The molecular weight excluding hydrogens is 124 g/mol. The van der Waals surface area contributed by atoms with Crippen LogP contribution in [-0.2, 0) is 4.74 Å². The fourth-order valence-electron chi connectivity index (χ4n) is 0.698. The van der Waals surface area contributed by atoms with Gasteiger partial charge in [0.05, 0.1) is 12.9 Å². The topological polar surface area (TPSA) is 9.23 Å². The van der Waals surface area contributed by atoms with Crippen molar-refractivity contribution in [3.63, 3.8) is 0 Å². The summed E-state index contributed by atoms with van der Waals surface area (Å²) in [5.41, 5.74) is 0. The van der Waals surface area contributed by atoms with Crippen LogP contribution in [0.25, 0.3) is 0 Å². The van der Waals surface area contributed by atoms with Crippen molar-refractivity contribution in [2.75, 3.05) is 6.61 Å². The maximum atomic E-state index is 4.95. The lowest BCUT2D eigenvalue weighted by atomic mass is 10.2. The molecule has 0 aromatic carbocycles. The molecule has 0 N–H and O–H groups in total. The third-order valence-corrected chi connectivity index (χ3v) is 1.24. The molecular formula is C9H16O. The van der Waals surface area contributed by atoms with E-state index in [0.717, 1.165) is 19.4 Å². The van der Waals surface area contributed by atoms with Crippen molar-refractivity contribution in [1.29, 1.82) is 0 Å². The second kappa shape index (κ2) is 8.28. The Morgan fingerprint density at radius 1 is 1.40 bits per heavy atom. The Balaban J connectivity index is 2.83. The molecule has 0 bridgehead atoms. The van der Waals surface area contributed by atoms with Gasteiger partial charge in [-0.05, 0) is 26.2 Å². The van der Waals surface area contributed by atoms with Crippen molar-refractivity contribution in [2.45, 2.75) is 26.2 Å². The van der Waals surface area contributed by atoms with Crippen molar-refractivity contribution < 1.29 is 4.74 Å². The molecule has 0 atom stereocenters. The molecule has 1 nitrogen and oxygen atoms in total. The highest BCUT2D eigenvalue weighted by Crippen LogP contribution is 1.96. The Kier molecular flexibility index (Phi) is 7.68. The Morgan fingerprint density at radius 2 is 2.20 bits per heavy atom. The second-order valence-electron chi connectivity index (χ2n) is 2.10. The van der Waals surface area contributed by atoms with Crippen LogP contribution in [0.2, 0.25) is 0 Å². The number of hydrogen-bond acceptors (Lipinski definition) is 1. The third-order valence-electron chi connectivity index (χ3n) is 1.24. The van der Waals surface area contributed by atoms with Gasteiger partial charge in [-0.3, -0.25) is 0 Å². The number of allylic oxidation sites excluding steroid dienone is 2. The standard InChI is InChI=1S/C9H16O/c1-3-5-6-7-8-9-10-4-2/h3-5H,2,6-9H2,1H3. The summed E-state index contributed by atoms with van der Waals surface area (Å²) in [5, 5.41) is 0. The Labute approximate surface area is 63.4 Å². The van der Waals surface area contributed by atoms with E-state index in [4.69, 9.17) is 4.74 Å². The van der Waals surface area contributed by atoms with Gasteiger partial charge in [0, 0.05) is 0 Å². The number of hydrogen-bond donors (Lipinski definition) is 0. The molecule has 0 saturated carbocycles. The molecule has 0 aliphatic carbocycles. The van der Waals surface area contributed by atoms with Crippen LogP contribution < -0.4 is 0 Å². The van der Waals surface area contributed by atoms with E-state index >= 15 is 0 Å². The van der Waals surface area contributed by atoms with Crippen LogP contribution in [0.4, 0.5) is 0 Å². The molecule has 0 radical (unpaired) electrons. The quantitative estimate of drug-likeness (QED) is 0.313. The van der Waals surface area contributed by atoms with E-state index in [-0.39, 0.29) is 0 Å². The molecule has 0 aliphatic heterocycles. The van der Waals surface area contributed by atoms with E-state index < -0.39 is 0 Å². The molecule has 0 heterocycles. The zero-order valence-corrected chi connectivity index (χ0v) is 6.68. The summed E-state index contributed by atoms with van der Waals surface area (Å²) in [5.74, 6) is 0. The molecule has 1 heteroatoms. The normalized spacial score (nSPS) is 10.1. The predicted octanol–water partition coefficient (Wildman–Crippen LogP) is 2.89. The first-order chi connectivity index (χ1) is 4.91. The minimum absolute atomic E-state index is 0.807. The minimum Gasteiger partial charge on any atom is -0.502 e. The van der Waals surface area contributed by atoms with E-state index in [9.17, 15) is 0 Å². The highest BCUT2D eigenvalue weighted by Gasteiger charge is 1.83. The first kappa shape index (κ1) is 9.28. The van der Waals surface area contributed by atoms with Gasteiger partial charge in [-0.1, -0.05) is 18.7 Å². The van der Waals surface area contributed by atoms with Gasteiger partial charge in [0.25, 0.3) is 0 Å². The Morgan fingerprint density at radius 3 is 2.80 bits per heavy atom. The van der Waals surface area contributed by atoms with Gasteiger partial charge >= 0.3 is 0 Å². The van der Waals surface area contributed by atoms with Gasteiger partial charge in [0.1, 0.15) is 0 Å². The Hall–Kier alpha value is -0.720. The van der Waals surface area contributed by atoms with E-state index in [1.165, 1.54) is 12.7 Å². The molecule has 0 amide bonds. The maximum Gasteiger partial charge on any atom is 0.0873 e. The lowest BCUT2D eigenvalue weighted by Crippen LogP contribution is -1.85. The summed E-state index contributed by atoms with van der Waals surface area (Å²) >= 11 is 0. The largest absolute Gasteiger partial charge is 0.502 e. The van der Waals surface area contributed by atoms with Crippen molar-refractivity contribution in [3.05, 3.63) is 25.0 Å². The molecule has 0 unspecified atom stereocenters. The predicted molar refractivity (Wildman–Crippen MR) is 44.8 cm³/mol. The molecule has 10 heavy (non-hydrogen) atoms. The SMILES string of the molecule is C=COCCCCC=CC. The monoisotopic (exact) mass is 140 g/mol. The van der Waals surface area contributed by atoms with Gasteiger partial charge in [-0.15, -0.1) is 0 Å². The maximum absolute atomic E-state index is 4.95. The van der Waals surface area contributed by atoms with Crippen molar-refractivity contribution in [3.8, 4) is 0 Å². The van der Waals surface area contributed by atoms with Crippen LogP contribution in [-0.4, -0.2) is 6.61 Å². The number of ether oxygens (including phenoxy) is 1. The summed E-state index contributed by atoms with van der Waals surface area (Å²) in [6, 6.07) is 0. The average Bonchev–Trinajstić information content (AvgIpc) is 1.97. The van der Waals surface area contributed by atoms with Crippen molar-refractivity contribution >= 4 is 0 Å². The molecule has 0 aromatic rings. The molecule has 0 rings (SSSR count). The first-order valence-electron chi connectivity index (χ1n) is 3.75. The lowest BCUT2D eigenvalue weighted by molar-refractivity contribution is 0.243. The van der Waals surface area contributed by atoms with Crippen LogP contribution in [0.3, 0.4) is 0 Å². The van der Waals surface area contributed by atoms with Crippen LogP contribution in [0.5, 0.6) is 0 Å². The molecule has 0 fully saturated rings. The zero-order chi connectivity index (χ0) is 7.66. The van der Waals surface area contributed by atoms with Crippen molar-refractivity contribution in [1.82, 2.24) is 0 Å². The summed E-state index contributed by atoms with van der Waals surface area (Å²) in [4.78, 5) is 0. The van der Waals surface area contributed by atoms with Gasteiger partial charge < -0.3 is 4.74 Å². The molecule has 58 valence electrons. The van der Waals surface area contributed by atoms with E-state index in [1.54, 1.807) is 0 Å². The average molecular weight is 140 g/mol. The highest BCUT2D eigenvalue weighted by molar-refractivity contribution is 4.76. The highest BCUT2D eigenvalue weighted by atomic mass is 16.5. The minimum atomic E-state index is 0.807. The Bertz CT molecular complexity index is 94.9. The van der Waals surface area contributed by atoms with Crippen LogP contribution >= 0.6 is 0 Å². The van der Waals surface area contributed by atoms with Gasteiger partial charge in [-0.2, -0.15) is 0 Å². The lowest BCUT2D eigenvalue weighted by Gasteiger charge is -1.96. The third kappa shape index (κ3) is 7.28. The number of unbranched alkanes of at least 4 members (excludes halogenated alkanes) is 2. The molecule has 0 aliphatic rings. The molecule has 0 spiro atoms. The summed E-state index contributed by atoms with van der Waals surface area (Å²) in [6.07, 6.45) is 9.24. The smallest absolute Gasteiger partial charge is 0.0873 e.